The van der Waals surface area contributed by atoms with Gasteiger partial charge >= 0.3 is 0 Å². The van der Waals surface area contributed by atoms with Gasteiger partial charge in [-0.2, -0.15) is 0 Å². The predicted molar refractivity (Wildman–Crippen MR) is 99.1 cm³/mol. The van der Waals surface area contributed by atoms with Crippen LogP contribution < -0.4 is 14.8 Å². The molecule has 2 aliphatic heterocycles. The lowest BCUT2D eigenvalue weighted by Crippen LogP contribution is -2.37. The van der Waals surface area contributed by atoms with Gasteiger partial charge < -0.3 is 14.8 Å². The van der Waals surface area contributed by atoms with Crippen molar-refractivity contribution in [3.05, 3.63) is 18.2 Å². The number of fused-ring (bicyclic) bond motifs is 1. The van der Waals surface area contributed by atoms with Crippen LogP contribution in [0.4, 0.5) is 5.69 Å². The first-order valence-electron chi connectivity index (χ1n) is 9.22. The van der Waals surface area contributed by atoms with Gasteiger partial charge in [0.25, 0.3) is 0 Å². The Morgan fingerprint density at radius 2 is 1.77 bits per heavy atom. The van der Waals surface area contributed by atoms with E-state index in [4.69, 9.17) is 9.47 Å². The minimum atomic E-state index is -3.18. The Kier molecular flexibility index (Phi) is 6.37. The fourth-order valence-corrected chi connectivity index (χ4v) is 4.83. The smallest absolute Gasteiger partial charge is 0.224 e. The zero-order valence-electron chi connectivity index (χ0n) is 14.9. The Hall–Kier alpha value is -1.80. The van der Waals surface area contributed by atoms with E-state index in [1.807, 2.05) is 0 Å². The quantitative estimate of drug-likeness (QED) is 0.732. The molecule has 1 N–H and O–H groups in total. The summed E-state index contributed by atoms with van der Waals surface area (Å²) in [4.78, 5) is 12.1. The number of amides is 1. The standard InChI is InChI=1S/C18H26N2O5S/c21-18(19-15-7-8-16-17(14-15)25-12-11-24-16)6-2-5-13-26(22,23)20-9-3-1-4-10-20/h7-8,14H,1-6,9-13H2,(H,19,21). The molecule has 26 heavy (non-hydrogen) atoms. The molecular weight excluding hydrogens is 356 g/mol. The normalized spacial score (nSPS) is 17.7. The summed E-state index contributed by atoms with van der Waals surface area (Å²) in [6.07, 6.45) is 4.32. The Bertz CT molecular complexity index is 729. The highest BCUT2D eigenvalue weighted by atomic mass is 32.2. The SMILES string of the molecule is O=C(CCCCS(=O)(=O)N1CCCCC1)Nc1ccc2c(c1)OCCO2. The number of benzene rings is 1. The number of anilines is 1. The summed E-state index contributed by atoms with van der Waals surface area (Å²) in [5.41, 5.74) is 0.653. The van der Waals surface area contributed by atoms with Crippen LogP contribution in [0.25, 0.3) is 0 Å². The van der Waals surface area contributed by atoms with E-state index in [9.17, 15) is 13.2 Å². The first-order chi connectivity index (χ1) is 12.5. The van der Waals surface area contributed by atoms with E-state index >= 15 is 0 Å². The molecule has 0 unspecified atom stereocenters. The summed E-state index contributed by atoms with van der Waals surface area (Å²) in [6.45, 7) is 2.29. The highest BCUT2D eigenvalue weighted by Gasteiger charge is 2.23. The summed E-state index contributed by atoms with van der Waals surface area (Å²) < 4.78 is 37.0. The molecule has 0 spiro atoms. The summed E-state index contributed by atoms with van der Waals surface area (Å²) in [5.74, 6) is 1.29. The number of ether oxygens (including phenoxy) is 2. The summed E-state index contributed by atoms with van der Waals surface area (Å²) >= 11 is 0. The van der Waals surface area contributed by atoms with Crippen LogP contribution in [0.1, 0.15) is 38.5 Å². The van der Waals surface area contributed by atoms with Crippen LogP contribution in [0, 0.1) is 0 Å². The number of hydrogen-bond acceptors (Lipinski definition) is 5. The van der Waals surface area contributed by atoms with Gasteiger partial charge in [0.05, 0.1) is 5.75 Å². The average molecular weight is 382 g/mol. The van der Waals surface area contributed by atoms with E-state index in [0.29, 0.717) is 62.8 Å². The molecule has 2 heterocycles. The van der Waals surface area contributed by atoms with Gasteiger partial charge in [-0.15, -0.1) is 0 Å². The Balaban J connectivity index is 1.40. The molecule has 0 aromatic heterocycles. The lowest BCUT2D eigenvalue weighted by atomic mass is 10.2. The second kappa shape index (κ2) is 8.73. The maximum atomic E-state index is 12.3. The molecule has 1 saturated heterocycles. The van der Waals surface area contributed by atoms with Crippen LogP contribution in [0.5, 0.6) is 11.5 Å². The monoisotopic (exact) mass is 382 g/mol. The van der Waals surface area contributed by atoms with Gasteiger partial charge in [0, 0.05) is 31.3 Å². The molecule has 1 fully saturated rings. The van der Waals surface area contributed by atoms with Crippen molar-refractivity contribution in [2.24, 2.45) is 0 Å². The van der Waals surface area contributed by atoms with Crippen molar-refractivity contribution in [2.75, 3.05) is 37.4 Å². The molecule has 8 heteroatoms. The maximum Gasteiger partial charge on any atom is 0.224 e. The topological polar surface area (TPSA) is 84.9 Å². The third-order valence-electron chi connectivity index (χ3n) is 4.59. The average Bonchev–Trinajstić information content (AvgIpc) is 2.66. The van der Waals surface area contributed by atoms with Gasteiger partial charge in [-0.25, -0.2) is 12.7 Å². The van der Waals surface area contributed by atoms with Crippen molar-refractivity contribution in [1.29, 1.82) is 0 Å². The van der Waals surface area contributed by atoms with Gasteiger partial charge in [-0.3, -0.25) is 4.79 Å². The minimum Gasteiger partial charge on any atom is -0.486 e. The second-order valence-corrected chi connectivity index (χ2v) is 8.73. The third-order valence-corrected chi connectivity index (χ3v) is 6.55. The van der Waals surface area contributed by atoms with Crippen molar-refractivity contribution in [1.82, 2.24) is 4.31 Å². The van der Waals surface area contributed by atoms with Crippen LogP contribution in [-0.4, -0.2) is 50.7 Å². The fourth-order valence-electron chi connectivity index (χ4n) is 3.19. The zero-order chi connectivity index (χ0) is 18.4. The Morgan fingerprint density at radius 3 is 2.54 bits per heavy atom. The van der Waals surface area contributed by atoms with Gasteiger partial charge in [0.15, 0.2) is 11.5 Å². The van der Waals surface area contributed by atoms with Gasteiger partial charge in [-0.1, -0.05) is 6.42 Å². The van der Waals surface area contributed by atoms with Crippen molar-refractivity contribution < 1.29 is 22.7 Å². The van der Waals surface area contributed by atoms with Crippen LogP contribution in [0.15, 0.2) is 18.2 Å². The molecule has 1 amide bonds. The summed E-state index contributed by atoms with van der Waals surface area (Å²) in [7, 11) is -3.18. The largest absolute Gasteiger partial charge is 0.486 e. The molecule has 1 aromatic carbocycles. The Morgan fingerprint density at radius 1 is 1.04 bits per heavy atom. The first kappa shape index (κ1) is 19.0. The number of nitrogens with one attached hydrogen (secondary N) is 1. The fraction of sp³-hybridized carbons (Fsp3) is 0.611. The molecule has 3 rings (SSSR count). The highest BCUT2D eigenvalue weighted by molar-refractivity contribution is 7.89. The first-order valence-corrected chi connectivity index (χ1v) is 10.8. The van der Waals surface area contributed by atoms with Crippen molar-refractivity contribution >= 4 is 21.6 Å². The number of nitrogens with zero attached hydrogens (tertiary/aromatic N) is 1. The highest BCUT2D eigenvalue weighted by Crippen LogP contribution is 2.32. The minimum absolute atomic E-state index is 0.115. The molecule has 0 atom stereocenters. The zero-order valence-corrected chi connectivity index (χ0v) is 15.7. The predicted octanol–water partition coefficient (Wildman–Crippen LogP) is 2.38. The van der Waals surface area contributed by atoms with E-state index in [0.717, 1.165) is 19.3 Å². The van der Waals surface area contributed by atoms with Crippen LogP contribution >= 0.6 is 0 Å². The van der Waals surface area contributed by atoms with E-state index < -0.39 is 10.0 Å². The third kappa shape index (κ3) is 5.11. The van der Waals surface area contributed by atoms with Crippen LogP contribution in [-0.2, 0) is 14.8 Å². The molecule has 0 saturated carbocycles. The van der Waals surface area contributed by atoms with Crippen molar-refractivity contribution in [3.63, 3.8) is 0 Å². The number of sulfonamides is 1. The van der Waals surface area contributed by atoms with E-state index in [1.165, 1.54) is 0 Å². The van der Waals surface area contributed by atoms with Crippen molar-refractivity contribution in [3.8, 4) is 11.5 Å². The summed E-state index contributed by atoms with van der Waals surface area (Å²) in [6, 6.07) is 5.29. The van der Waals surface area contributed by atoms with Crippen LogP contribution in [0.3, 0.4) is 0 Å². The Labute approximate surface area is 154 Å². The lowest BCUT2D eigenvalue weighted by Gasteiger charge is -2.25. The molecule has 0 radical (unpaired) electrons. The van der Waals surface area contributed by atoms with Gasteiger partial charge in [-0.05, 0) is 37.8 Å². The molecule has 7 nitrogen and oxygen atoms in total. The number of hydrogen-bond donors (Lipinski definition) is 1. The molecule has 144 valence electrons. The second-order valence-electron chi connectivity index (χ2n) is 6.64. The number of piperidine rings is 1. The number of rotatable bonds is 7. The summed E-state index contributed by atoms with van der Waals surface area (Å²) in [5, 5.41) is 2.82. The number of unbranched alkanes of at least 4 members (excludes halogenated alkanes) is 1. The van der Waals surface area contributed by atoms with Gasteiger partial charge in [0.2, 0.25) is 15.9 Å². The van der Waals surface area contributed by atoms with Crippen molar-refractivity contribution in [2.45, 2.75) is 38.5 Å². The van der Waals surface area contributed by atoms with Crippen LogP contribution in [0.2, 0.25) is 0 Å². The molecular formula is C18H26N2O5S. The number of carbonyl (C=O) groups is 1. The maximum absolute atomic E-state index is 12.3. The molecule has 0 bridgehead atoms. The van der Waals surface area contributed by atoms with Gasteiger partial charge in [0.1, 0.15) is 13.2 Å². The lowest BCUT2D eigenvalue weighted by molar-refractivity contribution is -0.116. The molecule has 0 aliphatic carbocycles. The van der Waals surface area contributed by atoms with E-state index in [-0.39, 0.29) is 11.7 Å². The molecule has 1 aromatic rings. The number of carbonyl (C=O) groups excluding carboxylic acids is 1. The van der Waals surface area contributed by atoms with E-state index in [1.54, 1.807) is 22.5 Å². The van der Waals surface area contributed by atoms with E-state index in [2.05, 4.69) is 5.32 Å². The molecule has 2 aliphatic rings.